The predicted octanol–water partition coefficient (Wildman–Crippen LogP) is 3.06. The SMILES string of the molecule is CC[C@H]1N(Cc2ccc(OC)cc2)CCC[C@]12CCC(=O)N2C. The lowest BCUT2D eigenvalue weighted by molar-refractivity contribution is -0.133. The van der Waals surface area contributed by atoms with E-state index in [0.717, 1.165) is 38.1 Å². The molecule has 3 rings (SSSR count). The van der Waals surface area contributed by atoms with Crippen LogP contribution >= 0.6 is 0 Å². The molecule has 0 aliphatic carbocycles. The Labute approximate surface area is 139 Å². The summed E-state index contributed by atoms with van der Waals surface area (Å²) in [5.41, 5.74) is 1.37. The van der Waals surface area contributed by atoms with Crippen LogP contribution < -0.4 is 4.74 Å². The summed E-state index contributed by atoms with van der Waals surface area (Å²) in [5, 5.41) is 0. The van der Waals surface area contributed by atoms with E-state index >= 15 is 0 Å². The lowest BCUT2D eigenvalue weighted by atomic mass is 9.77. The predicted molar refractivity (Wildman–Crippen MR) is 91.5 cm³/mol. The van der Waals surface area contributed by atoms with Crippen LogP contribution in [0.4, 0.5) is 0 Å². The minimum absolute atomic E-state index is 0.0521. The minimum Gasteiger partial charge on any atom is -0.497 e. The van der Waals surface area contributed by atoms with Crippen LogP contribution in [-0.4, -0.2) is 48.0 Å². The Bertz CT molecular complexity index is 557. The van der Waals surface area contributed by atoms with E-state index < -0.39 is 0 Å². The van der Waals surface area contributed by atoms with Crippen LogP contribution in [0.15, 0.2) is 24.3 Å². The molecular formula is C19H28N2O2. The fourth-order valence-electron chi connectivity index (χ4n) is 4.63. The normalized spacial score (nSPS) is 28.6. The quantitative estimate of drug-likeness (QED) is 0.856. The average molecular weight is 316 g/mol. The van der Waals surface area contributed by atoms with Gasteiger partial charge in [0.25, 0.3) is 0 Å². The number of likely N-dealkylation sites (N-methyl/N-ethyl adjacent to an activating group) is 1. The molecule has 1 aromatic rings. The number of ether oxygens (including phenoxy) is 1. The monoisotopic (exact) mass is 316 g/mol. The molecule has 126 valence electrons. The van der Waals surface area contributed by atoms with Crippen LogP contribution in [0.2, 0.25) is 0 Å². The van der Waals surface area contributed by atoms with E-state index in [2.05, 4.69) is 28.9 Å². The molecule has 0 saturated carbocycles. The number of rotatable bonds is 4. The molecule has 23 heavy (non-hydrogen) atoms. The zero-order valence-electron chi connectivity index (χ0n) is 14.5. The summed E-state index contributed by atoms with van der Waals surface area (Å²) in [6, 6.07) is 8.81. The molecule has 0 radical (unpaired) electrons. The van der Waals surface area contributed by atoms with Gasteiger partial charge in [0.2, 0.25) is 5.91 Å². The van der Waals surface area contributed by atoms with Crippen LogP contribution in [0.3, 0.4) is 0 Å². The maximum absolute atomic E-state index is 12.1. The van der Waals surface area contributed by atoms with Crippen molar-refractivity contribution >= 4 is 5.91 Å². The van der Waals surface area contributed by atoms with Crippen molar-refractivity contribution in [3.63, 3.8) is 0 Å². The van der Waals surface area contributed by atoms with Crippen LogP contribution in [0.1, 0.15) is 44.6 Å². The molecule has 2 aliphatic heterocycles. The van der Waals surface area contributed by atoms with Gasteiger partial charge >= 0.3 is 0 Å². The standard InChI is InChI=1S/C19H28N2O2/c1-4-17-19(12-10-18(22)20(19)2)11-5-13-21(17)14-15-6-8-16(23-3)9-7-15/h6-9,17H,4-5,10-14H2,1-3H3/t17-,19+/m1/s1. The Morgan fingerprint density at radius 1 is 1.26 bits per heavy atom. The molecule has 1 amide bonds. The van der Waals surface area contributed by atoms with Crippen LogP contribution in [0, 0.1) is 0 Å². The molecular weight excluding hydrogens is 288 g/mol. The van der Waals surface area contributed by atoms with Gasteiger partial charge in [-0.2, -0.15) is 0 Å². The average Bonchev–Trinajstić information content (AvgIpc) is 2.85. The summed E-state index contributed by atoms with van der Waals surface area (Å²) < 4.78 is 5.25. The molecule has 2 fully saturated rings. The highest BCUT2D eigenvalue weighted by molar-refractivity contribution is 5.79. The number of amides is 1. The number of methoxy groups -OCH3 is 1. The number of piperidine rings is 1. The summed E-state index contributed by atoms with van der Waals surface area (Å²) in [4.78, 5) is 16.8. The first kappa shape index (κ1) is 16.3. The first-order chi connectivity index (χ1) is 11.1. The highest BCUT2D eigenvalue weighted by atomic mass is 16.5. The van der Waals surface area contributed by atoms with Crippen LogP contribution in [0.5, 0.6) is 5.75 Å². The Kier molecular flexibility index (Phi) is 4.62. The summed E-state index contributed by atoms with van der Waals surface area (Å²) in [6.07, 6.45) is 5.13. The molecule has 4 nitrogen and oxygen atoms in total. The summed E-state index contributed by atoms with van der Waals surface area (Å²) in [7, 11) is 3.71. The summed E-state index contributed by atoms with van der Waals surface area (Å²) >= 11 is 0. The van der Waals surface area contributed by atoms with Gasteiger partial charge in [0.05, 0.1) is 12.6 Å². The van der Waals surface area contributed by atoms with Crippen molar-refractivity contribution in [1.82, 2.24) is 9.80 Å². The zero-order valence-corrected chi connectivity index (χ0v) is 14.5. The molecule has 4 heteroatoms. The fourth-order valence-corrected chi connectivity index (χ4v) is 4.63. The highest BCUT2D eigenvalue weighted by Crippen LogP contribution is 2.42. The van der Waals surface area contributed by atoms with Crippen molar-refractivity contribution in [1.29, 1.82) is 0 Å². The van der Waals surface area contributed by atoms with Gasteiger partial charge in [0, 0.05) is 26.1 Å². The van der Waals surface area contributed by atoms with Crippen LogP contribution in [-0.2, 0) is 11.3 Å². The van der Waals surface area contributed by atoms with Gasteiger partial charge in [0.1, 0.15) is 5.75 Å². The molecule has 1 spiro atoms. The molecule has 2 saturated heterocycles. The lowest BCUT2D eigenvalue weighted by Gasteiger charge is -2.51. The maximum atomic E-state index is 12.1. The molecule has 0 N–H and O–H groups in total. The Morgan fingerprint density at radius 3 is 2.57 bits per heavy atom. The topological polar surface area (TPSA) is 32.8 Å². The zero-order chi connectivity index (χ0) is 16.4. The van der Waals surface area contributed by atoms with Crippen molar-refractivity contribution in [2.24, 2.45) is 0 Å². The molecule has 0 unspecified atom stereocenters. The van der Waals surface area contributed by atoms with E-state index in [0.29, 0.717) is 18.4 Å². The van der Waals surface area contributed by atoms with Gasteiger partial charge < -0.3 is 9.64 Å². The van der Waals surface area contributed by atoms with Gasteiger partial charge in [-0.25, -0.2) is 0 Å². The van der Waals surface area contributed by atoms with Gasteiger partial charge in [-0.15, -0.1) is 0 Å². The van der Waals surface area contributed by atoms with Crippen molar-refractivity contribution < 1.29 is 9.53 Å². The number of hydrogen-bond donors (Lipinski definition) is 0. The highest BCUT2D eigenvalue weighted by Gasteiger charge is 2.51. The molecule has 2 aliphatic rings. The van der Waals surface area contributed by atoms with Crippen molar-refractivity contribution in [2.75, 3.05) is 20.7 Å². The number of carbonyl (C=O) groups is 1. The van der Waals surface area contributed by atoms with Gasteiger partial charge in [-0.1, -0.05) is 19.1 Å². The van der Waals surface area contributed by atoms with E-state index in [-0.39, 0.29) is 5.54 Å². The van der Waals surface area contributed by atoms with Crippen molar-refractivity contribution in [2.45, 2.75) is 57.2 Å². The Balaban J connectivity index is 1.79. The second-order valence-corrected chi connectivity index (χ2v) is 6.90. The first-order valence-electron chi connectivity index (χ1n) is 8.74. The van der Waals surface area contributed by atoms with E-state index in [1.54, 1.807) is 7.11 Å². The minimum atomic E-state index is 0.0521. The molecule has 0 bridgehead atoms. The van der Waals surface area contributed by atoms with E-state index in [1.807, 2.05) is 19.2 Å². The largest absolute Gasteiger partial charge is 0.497 e. The van der Waals surface area contributed by atoms with Gasteiger partial charge in [-0.05, 0) is 49.9 Å². The van der Waals surface area contributed by atoms with E-state index in [4.69, 9.17) is 4.74 Å². The Hall–Kier alpha value is -1.55. The smallest absolute Gasteiger partial charge is 0.222 e. The number of nitrogens with zero attached hydrogens (tertiary/aromatic N) is 2. The second kappa shape index (κ2) is 6.52. The van der Waals surface area contributed by atoms with Crippen LogP contribution in [0.25, 0.3) is 0 Å². The number of likely N-dealkylation sites (tertiary alicyclic amines) is 2. The molecule has 2 heterocycles. The third-order valence-corrected chi connectivity index (χ3v) is 5.86. The second-order valence-electron chi connectivity index (χ2n) is 6.90. The van der Waals surface area contributed by atoms with Crippen molar-refractivity contribution in [3.05, 3.63) is 29.8 Å². The van der Waals surface area contributed by atoms with Gasteiger partial charge in [-0.3, -0.25) is 9.69 Å². The third-order valence-electron chi connectivity index (χ3n) is 5.86. The lowest BCUT2D eigenvalue weighted by Crippen LogP contribution is -2.61. The first-order valence-corrected chi connectivity index (χ1v) is 8.74. The summed E-state index contributed by atoms with van der Waals surface area (Å²) in [6.45, 7) is 4.33. The number of benzene rings is 1. The van der Waals surface area contributed by atoms with E-state index in [9.17, 15) is 4.79 Å². The van der Waals surface area contributed by atoms with E-state index in [1.165, 1.54) is 12.0 Å². The van der Waals surface area contributed by atoms with Crippen molar-refractivity contribution in [3.8, 4) is 5.75 Å². The molecule has 1 aromatic carbocycles. The maximum Gasteiger partial charge on any atom is 0.222 e. The molecule has 2 atom stereocenters. The number of carbonyl (C=O) groups excluding carboxylic acids is 1. The third kappa shape index (κ3) is 2.85. The summed E-state index contributed by atoms with van der Waals surface area (Å²) in [5.74, 6) is 1.21. The number of hydrogen-bond acceptors (Lipinski definition) is 3. The molecule has 0 aromatic heterocycles. The Morgan fingerprint density at radius 2 is 2.00 bits per heavy atom. The fraction of sp³-hybridized carbons (Fsp3) is 0.632. The van der Waals surface area contributed by atoms with Gasteiger partial charge in [0.15, 0.2) is 0 Å².